The number of benzene rings is 1. The number of nitrogens with one attached hydrogen (secondary N) is 1. The maximum Gasteiger partial charge on any atom is 0.509 e. The second-order valence-corrected chi connectivity index (χ2v) is 17.5. The largest absolute Gasteiger partial charge is 0.509 e. The van der Waals surface area contributed by atoms with Crippen LogP contribution in [0.5, 0.6) is 0 Å². The Labute approximate surface area is 358 Å². The molecule has 338 valence electrons. The molecule has 61 heavy (non-hydrogen) atoms. The minimum absolute atomic E-state index is 0.159. The van der Waals surface area contributed by atoms with Crippen LogP contribution in [0, 0.1) is 23.7 Å². The summed E-state index contributed by atoms with van der Waals surface area (Å²) in [5.41, 5.74) is 0.0454. The molecule has 3 aliphatic heterocycles. The highest BCUT2D eigenvalue weighted by molar-refractivity contribution is 6.00. The molecule has 5 rings (SSSR count). The van der Waals surface area contributed by atoms with Gasteiger partial charge in [-0.1, -0.05) is 45.0 Å². The number of hydrogen-bond donors (Lipinski definition) is 2. The fraction of sp³-hybridized carbons (Fsp3) is 0.705. The van der Waals surface area contributed by atoms with Gasteiger partial charge in [0.25, 0.3) is 5.91 Å². The van der Waals surface area contributed by atoms with Gasteiger partial charge in [-0.15, -0.1) is 0 Å². The maximum absolute atomic E-state index is 14.3. The summed E-state index contributed by atoms with van der Waals surface area (Å²) in [4.78, 5) is 70.8. The molecular formula is C44H65N5O12. The van der Waals surface area contributed by atoms with E-state index in [1.54, 1.807) is 40.8 Å². The number of oxime groups is 1. The van der Waals surface area contributed by atoms with Crippen LogP contribution in [0.4, 0.5) is 4.79 Å². The van der Waals surface area contributed by atoms with E-state index in [0.29, 0.717) is 31.5 Å². The van der Waals surface area contributed by atoms with Gasteiger partial charge in [-0.2, -0.15) is 0 Å². The van der Waals surface area contributed by atoms with Crippen LogP contribution in [0.2, 0.25) is 0 Å². The summed E-state index contributed by atoms with van der Waals surface area (Å²) in [7, 11) is 5.22. The summed E-state index contributed by atoms with van der Waals surface area (Å²) in [6.45, 7) is 13.8. The molecule has 3 saturated heterocycles. The molecule has 0 spiro atoms. The molecule has 3 fully saturated rings. The number of aromatic nitrogens is 2. The molecule has 0 unspecified atom stereocenters. The molecule has 1 aromatic heterocycles. The number of esters is 1. The monoisotopic (exact) mass is 855 g/mol. The number of aliphatic hydroxyl groups excluding tert-OH is 1. The Balaban J connectivity index is 1.43. The van der Waals surface area contributed by atoms with Crippen molar-refractivity contribution in [1.82, 2.24) is 20.2 Å². The van der Waals surface area contributed by atoms with Crippen LogP contribution >= 0.6 is 0 Å². The molecule has 0 bridgehead atoms. The minimum atomic E-state index is -1.49. The Morgan fingerprint density at radius 1 is 1.05 bits per heavy atom. The van der Waals surface area contributed by atoms with Crippen LogP contribution < -0.4 is 5.32 Å². The lowest BCUT2D eigenvalue weighted by Gasteiger charge is -2.47. The van der Waals surface area contributed by atoms with Gasteiger partial charge in [0.05, 0.1) is 40.2 Å². The molecule has 4 heterocycles. The van der Waals surface area contributed by atoms with E-state index in [1.165, 1.54) is 14.0 Å². The minimum Gasteiger partial charge on any atom is -0.457 e. The van der Waals surface area contributed by atoms with Crippen LogP contribution in [0.25, 0.3) is 11.0 Å². The number of ether oxygens (including phenoxy) is 6. The van der Waals surface area contributed by atoms with Crippen LogP contribution in [-0.4, -0.2) is 138 Å². The number of fused-ring (bicyclic) bond motifs is 2. The average molecular weight is 856 g/mol. The van der Waals surface area contributed by atoms with Gasteiger partial charge >= 0.3 is 12.1 Å². The van der Waals surface area contributed by atoms with Crippen molar-refractivity contribution < 1.29 is 57.5 Å². The van der Waals surface area contributed by atoms with Crippen molar-refractivity contribution in [2.24, 2.45) is 28.8 Å². The van der Waals surface area contributed by atoms with Gasteiger partial charge in [-0.05, 0) is 86.0 Å². The predicted molar refractivity (Wildman–Crippen MR) is 223 cm³/mol. The van der Waals surface area contributed by atoms with Crippen molar-refractivity contribution in [3.63, 3.8) is 0 Å². The second kappa shape index (κ2) is 20.3. The van der Waals surface area contributed by atoms with Gasteiger partial charge in [0.2, 0.25) is 0 Å². The number of para-hydroxylation sites is 2. The summed E-state index contributed by atoms with van der Waals surface area (Å²) in [5.74, 6) is -5.16. The quantitative estimate of drug-likeness (QED) is 0.131. The zero-order chi connectivity index (χ0) is 44.8. The van der Waals surface area contributed by atoms with E-state index in [2.05, 4.69) is 20.4 Å². The summed E-state index contributed by atoms with van der Waals surface area (Å²) in [6.07, 6.45) is -2.67. The Bertz CT molecular complexity index is 1900. The van der Waals surface area contributed by atoms with Crippen molar-refractivity contribution >= 4 is 40.6 Å². The van der Waals surface area contributed by atoms with E-state index in [4.69, 9.17) is 33.3 Å². The maximum atomic E-state index is 14.3. The number of rotatable bonds is 12. The highest BCUT2D eigenvalue weighted by Crippen LogP contribution is 2.42. The fourth-order valence-corrected chi connectivity index (χ4v) is 9.06. The first-order valence-corrected chi connectivity index (χ1v) is 21.3. The molecule has 0 saturated carbocycles. The third-order valence-electron chi connectivity index (χ3n) is 12.6. The highest BCUT2D eigenvalue weighted by Gasteiger charge is 2.59. The van der Waals surface area contributed by atoms with Gasteiger partial charge in [0.1, 0.15) is 18.1 Å². The van der Waals surface area contributed by atoms with Gasteiger partial charge in [-0.3, -0.25) is 19.4 Å². The molecule has 17 nitrogen and oxygen atoms in total. The molecule has 2 aromatic rings. The van der Waals surface area contributed by atoms with E-state index in [1.807, 2.05) is 57.1 Å². The van der Waals surface area contributed by atoms with Crippen molar-refractivity contribution in [3.8, 4) is 0 Å². The highest BCUT2D eigenvalue weighted by atomic mass is 16.8. The lowest BCUT2D eigenvalue weighted by atomic mass is 9.74. The van der Waals surface area contributed by atoms with E-state index in [9.17, 15) is 24.3 Å². The third-order valence-corrected chi connectivity index (χ3v) is 12.6. The summed E-state index contributed by atoms with van der Waals surface area (Å²) >= 11 is 0. The number of cyclic esters (lactones) is 1. The van der Waals surface area contributed by atoms with Gasteiger partial charge in [-0.25, -0.2) is 9.78 Å². The number of amides is 1. The topological polar surface area (TPSA) is 207 Å². The number of hydrogen-bond acceptors (Lipinski definition) is 16. The van der Waals surface area contributed by atoms with Crippen molar-refractivity contribution in [1.29, 1.82) is 0 Å². The number of carbonyl (C=O) groups is 4. The first-order valence-electron chi connectivity index (χ1n) is 21.3. The molecule has 0 radical (unpaired) electrons. The smallest absolute Gasteiger partial charge is 0.457 e. The van der Waals surface area contributed by atoms with Gasteiger partial charge < -0.3 is 48.6 Å². The van der Waals surface area contributed by atoms with E-state index >= 15 is 0 Å². The third kappa shape index (κ3) is 10.8. The Morgan fingerprint density at radius 2 is 1.75 bits per heavy atom. The number of methoxy groups -OCH3 is 1. The van der Waals surface area contributed by atoms with E-state index in [-0.39, 0.29) is 25.0 Å². The van der Waals surface area contributed by atoms with Crippen molar-refractivity contribution in [3.05, 3.63) is 36.2 Å². The molecule has 1 amide bonds. The number of carbonyl (C=O) groups excluding carboxylic acids is 4. The Kier molecular flexibility index (Phi) is 15.9. The number of likely N-dealkylation sites (N-methyl/N-ethyl adjacent to an activating group) is 1. The summed E-state index contributed by atoms with van der Waals surface area (Å²) < 4.78 is 36.7. The molecule has 2 N–H and O–H groups in total. The molecule has 3 aliphatic rings. The zero-order valence-electron chi connectivity index (χ0n) is 37.4. The molecule has 1 aromatic carbocycles. The summed E-state index contributed by atoms with van der Waals surface area (Å²) in [5, 5.41) is 18.9. The lowest BCUT2D eigenvalue weighted by molar-refractivity contribution is -0.295. The van der Waals surface area contributed by atoms with Crippen molar-refractivity contribution in [2.75, 3.05) is 34.4 Å². The number of aryl methyl sites for hydroxylation is 1. The van der Waals surface area contributed by atoms with E-state index in [0.717, 1.165) is 16.7 Å². The number of nitrogens with zero attached hydrogens (tertiary/aromatic N) is 4. The van der Waals surface area contributed by atoms with Gasteiger partial charge in [0.15, 0.2) is 30.4 Å². The number of aliphatic hydroxyl groups is 1. The fourth-order valence-electron chi connectivity index (χ4n) is 9.06. The van der Waals surface area contributed by atoms with Crippen molar-refractivity contribution in [2.45, 2.75) is 142 Å². The molecule has 17 heteroatoms. The SMILES string of the molecule is CC[C@@H]1OC(=O)[C@H](C)C(=O)[C@H](C)[C@@H](O[C@@H]2O[C@H](C)C[C@H](N(C)C)[C@H]2O)[C@@](C)(OC)C[C@@H](C)/C(=N\OCC(=O)NCCCc2cnc3ccccc3n2)[C@@H](C)[C@H]2OC(=O)O[C@]12C. The van der Waals surface area contributed by atoms with E-state index < -0.39 is 96.0 Å². The normalized spacial score (nSPS) is 35.9. The zero-order valence-corrected chi connectivity index (χ0v) is 37.4. The first-order chi connectivity index (χ1) is 28.8. The standard InChI is InChI=1S/C44H65N5O12/c1-12-33-44(8)39(60-42(54)61-44)26(4)35(48-56-23-34(50)45-19-15-16-29-22-46-30-17-13-14-18-31(30)47-29)24(2)21-43(7,55-11)38(27(5)36(51)28(6)40(53)58-33)59-41-37(52)32(49(9)10)20-25(3)57-41/h13-14,17-18,22,24-28,32-33,37-39,41,52H,12,15-16,19-21,23H2,1-11H3,(H,45,50)/b48-35+/t24-,25-,26-,27+,28-,32+,33+,37-,38-,39-,41+,43+,44-/m1/s1. The average Bonchev–Trinajstić information content (AvgIpc) is 3.55. The predicted octanol–water partition coefficient (Wildman–Crippen LogP) is 4.40. The van der Waals surface area contributed by atoms with Crippen LogP contribution in [0.15, 0.2) is 35.6 Å². The number of ketones is 1. The summed E-state index contributed by atoms with van der Waals surface area (Å²) in [6, 6.07) is 7.32. The molecular weight excluding hydrogens is 791 g/mol. The van der Waals surface area contributed by atoms with Crippen LogP contribution in [0.1, 0.15) is 86.8 Å². The van der Waals surface area contributed by atoms with Gasteiger partial charge in [0, 0.05) is 43.6 Å². The first kappa shape index (κ1) is 47.8. The Hall–Kier alpha value is -4.29. The number of Topliss-reactive ketones (excluding diaryl/α,β-unsaturated/α-hetero) is 1. The van der Waals surface area contributed by atoms with Crippen LogP contribution in [0.3, 0.4) is 0 Å². The molecule has 0 aliphatic carbocycles. The molecule has 13 atom stereocenters. The van der Waals surface area contributed by atoms with Crippen LogP contribution in [-0.2, 0) is 54.1 Å². The lowest BCUT2D eigenvalue weighted by Crippen LogP contribution is -2.59. The Morgan fingerprint density at radius 3 is 2.43 bits per heavy atom. The second-order valence-electron chi connectivity index (χ2n) is 17.5.